The Bertz CT molecular complexity index is 283. The molecule has 0 radical (unpaired) electrons. The number of hydrogen-bond donors (Lipinski definition) is 1. The van der Waals surface area contributed by atoms with E-state index in [4.69, 9.17) is 6.42 Å². The molecule has 1 nitrogen and oxygen atoms in total. The minimum Gasteiger partial charge on any atom is -0.364 e. The lowest BCUT2D eigenvalue weighted by molar-refractivity contribution is 0.566. The molecule has 0 spiro atoms. The number of nitrogens with one attached hydrogen (secondary N) is 1. The molecule has 0 aliphatic heterocycles. The molecule has 1 aliphatic rings. The Balaban J connectivity index is 2.36. The minimum absolute atomic E-state index is 0.0312. The van der Waals surface area contributed by atoms with Gasteiger partial charge in [-0.2, -0.15) is 0 Å². The third kappa shape index (κ3) is 0.956. The van der Waals surface area contributed by atoms with Crippen LogP contribution in [0.25, 0.3) is 0 Å². The van der Waals surface area contributed by atoms with Crippen molar-refractivity contribution in [3.8, 4) is 12.3 Å². The average Bonchev–Trinajstić information content (AvgIpc) is 2.76. The number of terminal acetylenes is 1. The van der Waals surface area contributed by atoms with Crippen LogP contribution in [-0.2, 0) is 5.41 Å². The smallest absolute Gasteiger partial charge is 0.0709 e. The normalized spacial score (nSPS) is 20.6. The van der Waals surface area contributed by atoms with E-state index in [2.05, 4.69) is 17.0 Å². The van der Waals surface area contributed by atoms with Crippen LogP contribution < -0.4 is 0 Å². The van der Waals surface area contributed by atoms with E-state index in [0.29, 0.717) is 0 Å². The van der Waals surface area contributed by atoms with Gasteiger partial charge in [0.05, 0.1) is 5.41 Å². The molecule has 1 N–H and O–H groups in total. The minimum atomic E-state index is 0.0312. The second kappa shape index (κ2) is 2.71. The molecule has 0 saturated heterocycles. The van der Waals surface area contributed by atoms with Crippen LogP contribution >= 0.6 is 0 Å². The maximum Gasteiger partial charge on any atom is 0.0709 e. The first-order chi connectivity index (χ1) is 5.87. The number of aromatic nitrogens is 1. The molecule has 1 heterocycles. The van der Waals surface area contributed by atoms with E-state index in [1.807, 2.05) is 12.3 Å². The second-order valence-corrected chi connectivity index (χ2v) is 3.52. The molecule has 0 unspecified atom stereocenters. The molecule has 1 aliphatic carbocycles. The predicted molar refractivity (Wildman–Crippen MR) is 49.8 cm³/mol. The number of H-pyrrole nitrogens is 1. The van der Waals surface area contributed by atoms with Gasteiger partial charge in [-0.15, -0.1) is 6.42 Å². The zero-order valence-electron chi connectivity index (χ0n) is 7.14. The number of hydrogen-bond acceptors (Lipinski definition) is 0. The van der Waals surface area contributed by atoms with Gasteiger partial charge >= 0.3 is 0 Å². The molecule has 0 bridgehead atoms. The highest BCUT2D eigenvalue weighted by atomic mass is 14.7. The van der Waals surface area contributed by atoms with Crippen LogP contribution in [0.1, 0.15) is 31.4 Å². The molecule has 1 aromatic rings. The highest BCUT2D eigenvalue weighted by Gasteiger charge is 2.34. The van der Waals surface area contributed by atoms with Gasteiger partial charge in [-0.1, -0.05) is 18.8 Å². The lowest BCUT2D eigenvalue weighted by Crippen LogP contribution is -2.19. The third-order valence-corrected chi connectivity index (χ3v) is 2.85. The van der Waals surface area contributed by atoms with Gasteiger partial charge in [-0.3, -0.25) is 0 Å². The van der Waals surface area contributed by atoms with Crippen LogP contribution in [0.15, 0.2) is 18.3 Å². The van der Waals surface area contributed by atoms with Crippen molar-refractivity contribution in [2.45, 2.75) is 31.1 Å². The van der Waals surface area contributed by atoms with Crippen molar-refractivity contribution in [1.29, 1.82) is 0 Å². The van der Waals surface area contributed by atoms with Gasteiger partial charge in [0.15, 0.2) is 0 Å². The Morgan fingerprint density at radius 3 is 2.67 bits per heavy atom. The van der Waals surface area contributed by atoms with Crippen LogP contribution in [0, 0.1) is 12.3 Å². The summed E-state index contributed by atoms with van der Waals surface area (Å²) in [5.41, 5.74) is 1.26. The average molecular weight is 159 g/mol. The first kappa shape index (κ1) is 7.49. The van der Waals surface area contributed by atoms with E-state index in [1.54, 1.807) is 0 Å². The third-order valence-electron chi connectivity index (χ3n) is 2.85. The summed E-state index contributed by atoms with van der Waals surface area (Å²) in [5, 5.41) is 0. The monoisotopic (exact) mass is 159 g/mol. The Labute approximate surface area is 73.2 Å². The van der Waals surface area contributed by atoms with E-state index < -0.39 is 0 Å². The van der Waals surface area contributed by atoms with Gasteiger partial charge < -0.3 is 4.98 Å². The fourth-order valence-corrected chi connectivity index (χ4v) is 2.10. The van der Waals surface area contributed by atoms with Crippen molar-refractivity contribution in [2.24, 2.45) is 0 Å². The highest BCUT2D eigenvalue weighted by Crippen LogP contribution is 2.39. The largest absolute Gasteiger partial charge is 0.364 e. The Morgan fingerprint density at radius 1 is 1.42 bits per heavy atom. The molecule has 1 saturated carbocycles. The quantitative estimate of drug-likeness (QED) is 0.606. The fourth-order valence-electron chi connectivity index (χ4n) is 2.10. The fraction of sp³-hybridized carbons (Fsp3) is 0.455. The van der Waals surface area contributed by atoms with Gasteiger partial charge in [0.25, 0.3) is 0 Å². The molecule has 1 fully saturated rings. The van der Waals surface area contributed by atoms with Crippen molar-refractivity contribution in [3.63, 3.8) is 0 Å². The van der Waals surface area contributed by atoms with Gasteiger partial charge in [0, 0.05) is 11.9 Å². The standard InChI is InChI=1S/C11H13N/c1-2-11(7-3-4-8-11)10-6-5-9-12-10/h1,5-6,9,12H,3-4,7-8H2. The van der Waals surface area contributed by atoms with Crippen LogP contribution in [-0.4, -0.2) is 4.98 Å². The van der Waals surface area contributed by atoms with E-state index in [1.165, 1.54) is 18.5 Å². The summed E-state index contributed by atoms with van der Waals surface area (Å²) in [5.74, 6) is 2.95. The molecule has 0 amide bonds. The molecule has 0 atom stereocenters. The van der Waals surface area contributed by atoms with Crippen molar-refractivity contribution in [3.05, 3.63) is 24.0 Å². The summed E-state index contributed by atoms with van der Waals surface area (Å²) in [6, 6.07) is 4.12. The van der Waals surface area contributed by atoms with Crippen molar-refractivity contribution in [2.75, 3.05) is 0 Å². The maximum atomic E-state index is 5.59. The number of aromatic amines is 1. The van der Waals surface area contributed by atoms with Crippen LogP contribution in [0.2, 0.25) is 0 Å². The van der Waals surface area contributed by atoms with E-state index in [0.717, 1.165) is 12.8 Å². The summed E-state index contributed by atoms with van der Waals surface area (Å²) in [6.45, 7) is 0. The zero-order valence-corrected chi connectivity index (χ0v) is 7.14. The van der Waals surface area contributed by atoms with Crippen molar-refractivity contribution in [1.82, 2.24) is 4.98 Å². The summed E-state index contributed by atoms with van der Waals surface area (Å²) < 4.78 is 0. The predicted octanol–water partition coefficient (Wildman–Crippen LogP) is 2.46. The van der Waals surface area contributed by atoms with E-state index >= 15 is 0 Å². The molecule has 62 valence electrons. The Kier molecular flexibility index (Phi) is 1.69. The lowest BCUT2D eigenvalue weighted by Gasteiger charge is -2.20. The SMILES string of the molecule is C#CC1(c2ccc[nH]2)CCCC1. The maximum absolute atomic E-state index is 5.59. The Hall–Kier alpha value is -1.16. The summed E-state index contributed by atoms with van der Waals surface area (Å²) in [7, 11) is 0. The Morgan fingerprint density at radius 2 is 2.17 bits per heavy atom. The van der Waals surface area contributed by atoms with Crippen LogP contribution in [0.3, 0.4) is 0 Å². The lowest BCUT2D eigenvalue weighted by atomic mass is 9.84. The zero-order chi connectivity index (χ0) is 8.44. The summed E-state index contributed by atoms with van der Waals surface area (Å²) in [6.07, 6.45) is 12.4. The van der Waals surface area contributed by atoms with Crippen LogP contribution in [0.5, 0.6) is 0 Å². The first-order valence-electron chi connectivity index (χ1n) is 4.49. The van der Waals surface area contributed by atoms with Gasteiger partial charge in [-0.25, -0.2) is 0 Å². The summed E-state index contributed by atoms with van der Waals surface area (Å²) in [4.78, 5) is 3.23. The molecular weight excluding hydrogens is 146 g/mol. The van der Waals surface area contributed by atoms with Gasteiger partial charge in [0.1, 0.15) is 0 Å². The first-order valence-corrected chi connectivity index (χ1v) is 4.49. The molecular formula is C11H13N. The van der Waals surface area contributed by atoms with Gasteiger partial charge in [0.2, 0.25) is 0 Å². The van der Waals surface area contributed by atoms with Crippen LogP contribution in [0.4, 0.5) is 0 Å². The highest BCUT2D eigenvalue weighted by molar-refractivity contribution is 5.30. The molecule has 2 rings (SSSR count). The topological polar surface area (TPSA) is 15.8 Å². The van der Waals surface area contributed by atoms with Crippen molar-refractivity contribution >= 4 is 0 Å². The van der Waals surface area contributed by atoms with Crippen molar-refractivity contribution < 1.29 is 0 Å². The molecule has 1 heteroatoms. The van der Waals surface area contributed by atoms with E-state index in [-0.39, 0.29) is 5.41 Å². The molecule has 12 heavy (non-hydrogen) atoms. The number of rotatable bonds is 1. The molecule has 0 aromatic carbocycles. The summed E-state index contributed by atoms with van der Waals surface area (Å²) >= 11 is 0. The van der Waals surface area contributed by atoms with E-state index in [9.17, 15) is 0 Å². The van der Waals surface area contributed by atoms with Gasteiger partial charge in [-0.05, 0) is 25.0 Å². The second-order valence-electron chi connectivity index (χ2n) is 3.52. The molecule has 1 aromatic heterocycles.